The van der Waals surface area contributed by atoms with E-state index in [1.54, 1.807) is 0 Å². The van der Waals surface area contributed by atoms with E-state index < -0.39 is 0 Å². The van der Waals surface area contributed by atoms with Crippen LogP contribution in [0.4, 0.5) is 0 Å². The number of pyridine rings is 1. The van der Waals surface area contributed by atoms with Gasteiger partial charge in [-0.1, -0.05) is 18.2 Å². The SMILES string of the molecule is Cn1[nH]cc2cnc3nc(-c4cccc(CN)c4)cc3c21. The van der Waals surface area contributed by atoms with Crippen LogP contribution >= 0.6 is 0 Å². The summed E-state index contributed by atoms with van der Waals surface area (Å²) in [5.74, 6) is 0. The quantitative estimate of drug-likeness (QED) is 0.591. The number of rotatable bonds is 2. The number of nitrogens with two attached hydrogens (primary N) is 1. The maximum Gasteiger partial charge on any atom is 0.162 e. The summed E-state index contributed by atoms with van der Waals surface area (Å²) in [4.78, 5) is 9.09. The van der Waals surface area contributed by atoms with E-state index in [-0.39, 0.29) is 0 Å². The Morgan fingerprint density at radius 2 is 2.19 bits per heavy atom. The van der Waals surface area contributed by atoms with Gasteiger partial charge in [0.2, 0.25) is 0 Å². The molecule has 3 heterocycles. The first-order valence-electron chi connectivity index (χ1n) is 6.85. The number of aryl methyl sites for hydroxylation is 1. The van der Waals surface area contributed by atoms with Gasteiger partial charge in [0.25, 0.3) is 0 Å². The van der Waals surface area contributed by atoms with Gasteiger partial charge in [-0.15, -0.1) is 0 Å². The van der Waals surface area contributed by atoms with Crippen molar-refractivity contribution in [3.8, 4) is 11.3 Å². The Labute approximate surface area is 121 Å². The molecule has 0 radical (unpaired) electrons. The number of hydrogen-bond donors (Lipinski definition) is 2. The molecule has 21 heavy (non-hydrogen) atoms. The largest absolute Gasteiger partial charge is 0.326 e. The van der Waals surface area contributed by atoms with Crippen LogP contribution in [0.25, 0.3) is 33.2 Å². The van der Waals surface area contributed by atoms with Gasteiger partial charge in [0, 0.05) is 42.3 Å². The summed E-state index contributed by atoms with van der Waals surface area (Å²) >= 11 is 0. The monoisotopic (exact) mass is 277 g/mol. The molecule has 0 aliphatic rings. The normalized spacial score (nSPS) is 11.5. The molecule has 5 nitrogen and oxygen atoms in total. The molecule has 0 atom stereocenters. The topological polar surface area (TPSA) is 72.5 Å². The molecule has 0 bridgehead atoms. The van der Waals surface area contributed by atoms with Gasteiger partial charge in [0.05, 0.1) is 11.2 Å². The van der Waals surface area contributed by atoms with E-state index in [2.05, 4.69) is 33.3 Å². The van der Waals surface area contributed by atoms with Crippen molar-refractivity contribution in [3.05, 3.63) is 48.3 Å². The van der Waals surface area contributed by atoms with Crippen LogP contribution in [0.3, 0.4) is 0 Å². The molecular formula is C16H15N5. The number of nitrogens with one attached hydrogen (secondary N) is 1. The number of fused-ring (bicyclic) bond motifs is 3. The molecule has 3 N–H and O–H groups in total. The highest BCUT2D eigenvalue weighted by Crippen LogP contribution is 2.28. The second kappa shape index (κ2) is 4.43. The standard InChI is InChI=1S/C16H15N5/c1-21-15-12(9-19-21)8-18-16-13(15)6-14(20-16)11-4-2-3-10(5-11)7-17/h2-6,8-9,19H,7,17H2,1H3. The van der Waals surface area contributed by atoms with Gasteiger partial charge in [-0.3, -0.25) is 4.68 Å². The minimum Gasteiger partial charge on any atom is -0.326 e. The average molecular weight is 277 g/mol. The van der Waals surface area contributed by atoms with Crippen molar-refractivity contribution in [3.63, 3.8) is 0 Å². The summed E-state index contributed by atoms with van der Waals surface area (Å²) < 4.78 is 1.99. The summed E-state index contributed by atoms with van der Waals surface area (Å²) in [6, 6.07) is 10.3. The van der Waals surface area contributed by atoms with Gasteiger partial charge < -0.3 is 10.8 Å². The predicted molar refractivity (Wildman–Crippen MR) is 83.7 cm³/mol. The van der Waals surface area contributed by atoms with Crippen LogP contribution in [0.15, 0.2) is 42.7 Å². The Morgan fingerprint density at radius 3 is 3.05 bits per heavy atom. The van der Waals surface area contributed by atoms with Crippen molar-refractivity contribution in [2.45, 2.75) is 6.54 Å². The van der Waals surface area contributed by atoms with Crippen LogP contribution in [-0.4, -0.2) is 19.7 Å². The number of hydrogen-bond acceptors (Lipinski definition) is 3. The molecule has 0 aliphatic carbocycles. The van der Waals surface area contributed by atoms with E-state index in [0.717, 1.165) is 38.8 Å². The van der Waals surface area contributed by atoms with Crippen LogP contribution < -0.4 is 5.73 Å². The first-order valence-corrected chi connectivity index (χ1v) is 6.85. The van der Waals surface area contributed by atoms with E-state index >= 15 is 0 Å². The van der Waals surface area contributed by atoms with Crippen LogP contribution in [0, 0.1) is 0 Å². The fourth-order valence-electron chi connectivity index (χ4n) is 2.74. The predicted octanol–water partition coefficient (Wildman–Crippen LogP) is 2.58. The van der Waals surface area contributed by atoms with Crippen molar-refractivity contribution in [2.75, 3.05) is 0 Å². The molecule has 3 aromatic heterocycles. The van der Waals surface area contributed by atoms with Gasteiger partial charge in [0.15, 0.2) is 5.65 Å². The third kappa shape index (κ3) is 1.82. The summed E-state index contributed by atoms with van der Waals surface area (Å²) in [7, 11) is 1.99. The lowest BCUT2D eigenvalue weighted by Gasteiger charge is -1.99. The molecule has 0 fully saturated rings. The zero-order chi connectivity index (χ0) is 14.4. The summed E-state index contributed by atoms with van der Waals surface area (Å²) in [6.07, 6.45) is 3.80. The van der Waals surface area contributed by atoms with Gasteiger partial charge in [-0.05, 0) is 17.7 Å². The highest BCUT2D eigenvalue weighted by atomic mass is 15.2. The van der Waals surface area contributed by atoms with Crippen LogP contribution in [0.1, 0.15) is 5.56 Å². The smallest absolute Gasteiger partial charge is 0.162 e. The van der Waals surface area contributed by atoms with Crippen LogP contribution in [0.2, 0.25) is 0 Å². The third-order valence-electron chi connectivity index (χ3n) is 3.81. The van der Waals surface area contributed by atoms with Crippen LogP contribution in [0.5, 0.6) is 0 Å². The van der Waals surface area contributed by atoms with Crippen molar-refractivity contribution in [1.82, 2.24) is 19.7 Å². The van der Waals surface area contributed by atoms with E-state index in [4.69, 9.17) is 5.73 Å². The average Bonchev–Trinajstić information content (AvgIpc) is 3.10. The molecule has 0 aliphatic heterocycles. The number of aromatic amines is 1. The van der Waals surface area contributed by atoms with Gasteiger partial charge in [-0.25, -0.2) is 9.97 Å². The fourth-order valence-corrected chi connectivity index (χ4v) is 2.74. The number of nitrogens with zero attached hydrogens (tertiary/aromatic N) is 3. The van der Waals surface area contributed by atoms with Crippen molar-refractivity contribution in [1.29, 1.82) is 0 Å². The molecule has 104 valence electrons. The second-order valence-corrected chi connectivity index (χ2v) is 5.18. The zero-order valence-corrected chi connectivity index (χ0v) is 11.7. The minimum atomic E-state index is 0.531. The van der Waals surface area contributed by atoms with Crippen LogP contribution in [-0.2, 0) is 13.6 Å². The molecule has 0 amide bonds. The maximum absolute atomic E-state index is 5.71. The lowest BCUT2D eigenvalue weighted by molar-refractivity contribution is 0.799. The molecule has 4 rings (SSSR count). The van der Waals surface area contributed by atoms with E-state index in [1.807, 2.05) is 36.3 Å². The van der Waals surface area contributed by atoms with E-state index in [9.17, 15) is 0 Å². The van der Waals surface area contributed by atoms with E-state index in [0.29, 0.717) is 6.54 Å². The molecule has 0 saturated heterocycles. The number of aromatic nitrogens is 4. The van der Waals surface area contributed by atoms with Crippen molar-refractivity contribution < 1.29 is 0 Å². The summed E-state index contributed by atoms with van der Waals surface area (Å²) in [5.41, 5.74) is 10.7. The Bertz CT molecular complexity index is 948. The highest BCUT2D eigenvalue weighted by molar-refractivity contribution is 6.04. The molecule has 1 aromatic carbocycles. The zero-order valence-electron chi connectivity index (χ0n) is 11.7. The Morgan fingerprint density at radius 1 is 1.29 bits per heavy atom. The summed E-state index contributed by atoms with van der Waals surface area (Å²) in [6.45, 7) is 0.531. The first kappa shape index (κ1) is 12.1. The van der Waals surface area contributed by atoms with Gasteiger partial charge in [-0.2, -0.15) is 0 Å². The Kier molecular flexibility index (Phi) is 2.55. The molecule has 0 saturated carbocycles. The van der Waals surface area contributed by atoms with Gasteiger partial charge >= 0.3 is 0 Å². The fraction of sp³-hybridized carbons (Fsp3) is 0.125. The molecule has 4 aromatic rings. The molecular weight excluding hydrogens is 262 g/mol. The van der Waals surface area contributed by atoms with Crippen molar-refractivity contribution >= 4 is 21.9 Å². The van der Waals surface area contributed by atoms with Crippen molar-refractivity contribution in [2.24, 2.45) is 12.8 Å². The summed E-state index contributed by atoms with van der Waals surface area (Å²) in [5, 5.41) is 5.31. The first-order chi connectivity index (χ1) is 10.3. The molecule has 5 heteroatoms. The van der Waals surface area contributed by atoms with Gasteiger partial charge in [0.1, 0.15) is 0 Å². The Hall–Kier alpha value is -2.66. The number of H-pyrrole nitrogens is 1. The minimum absolute atomic E-state index is 0.531. The lowest BCUT2D eigenvalue weighted by Crippen LogP contribution is -1.95. The maximum atomic E-state index is 5.71. The number of benzene rings is 1. The molecule has 0 spiro atoms. The highest BCUT2D eigenvalue weighted by Gasteiger charge is 2.11. The Balaban J connectivity index is 1.97. The lowest BCUT2D eigenvalue weighted by atomic mass is 10.1. The molecule has 0 unspecified atom stereocenters. The van der Waals surface area contributed by atoms with E-state index in [1.165, 1.54) is 0 Å². The second-order valence-electron chi connectivity index (χ2n) is 5.18. The third-order valence-corrected chi connectivity index (χ3v) is 3.81.